The maximum Gasteiger partial charge on any atom is 0.508 e. The Morgan fingerprint density at radius 3 is 2.71 bits per heavy atom. The van der Waals surface area contributed by atoms with Gasteiger partial charge in [0.2, 0.25) is 0 Å². The number of esters is 1. The minimum atomic E-state index is -0.680. The normalized spacial score (nSPS) is 11.6. The molecule has 0 saturated heterocycles. The summed E-state index contributed by atoms with van der Waals surface area (Å²) in [5.41, 5.74) is 0.414. The summed E-state index contributed by atoms with van der Waals surface area (Å²) >= 11 is 5.82. The van der Waals surface area contributed by atoms with Gasteiger partial charge in [0.1, 0.15) is 0 Å². The SMILES string of the molecule is CCOC(=O)OCCCC(C)OC(=O)c1cccc(Cl)c1. The van der Waals surface area contributed by atoms with Gasteiger partial charge in [0.05, 0.1) is 24.9 Å². The number of carbonyl (C=O) groups is 2. The largest absolute Gasteiger partial charge is 0.508 e. The van der Waals surface area contributed by atoms with Crippen molar-refractivity contribution in [2.75, 3.05) is 13.2 Å². The van der Waals surface area contributed by atoms with Gasteiger partial charge in [0.15, 0.2) is 0 Å². The molecule has 1 unspecified atom stereocenters. The third-order valence-corrected chi connectivity index (χ3v) is 2.84. The fourth-order valence-corrected chi connectivity index (χ4v) is 1.80. The zero-order valence-corrected chi connectivity index (χ0v) is 12.9. The number of hydrogen-bond acceptors (Lipinski definition) is 5. The molecule has 1 aromatic carbocycles. The number of hydrogen-bond donors (Lipinski definition) is 0. The van der Waals surface area contributed by atoms with Gasteiger partial charge in [-0.1, -0.05) is 17.7 Å². The van der Waals surface area contributed by atoms with E-state index in [9.17, 15) is 9.59 Å². The van der Waals surface area contributed by atoms with Crippen molar-refractivity contribution in [3.63, 3.8) is 0 Å². The summed E-state index contributed by atoms with van der Waals surface area (Å²) in [6.45, 7) is 4.01. The van der Waals surface area contributed by atoms with Crippen LogP contribution in [0.2, 0.25) is 5.02 Å². The Morgan fingerprint density at radius 2 is 2.05 bits per heavy atom. The predicted molar refractivity (Wildman–Crippen MR) is 78.5 cm³/mol. The second kappa shape index (κ2) is 9.23. The third-order valence-electron chi connectivity index (χ3n) is 2.61. The first-order valence-electron chi connectivity index (χ1n) is 6.79. The third kappa shape index (κ3) is 6.99. The molecule has 0 bridgehead atoms. The van der Waals surface area contributed by atoms with E-state index in [2.05, 4.69) is 4.74 Å². The lowest BCUT2D eigenvalue weighted by Crippen LogP contribution is -2.16. The molecule has 0 aromatic heterocycles. The van der Waals surface area contributed by atoms with Crippen LogP contribution in [-0.4, -0.2) is 31.4 Å². The molecule has 0 fully saturated rings. The molecule has 1 atom stereocenters. The second-order valence-electron chi connectivity index (χ2n) is 4.40. The first-order chi connectivity index (χ1) is 10.0. The monoisotopic (exact) mass is 314 g/mol. The number of benzene rings is 1. The highest BCUT2D eigenvalue weighted by atomic mass is 35.5. The quantitative estimate of drug-likeness (QED) is 0.565. The highest BCUT2D eigenvalue weighted by Gasteiger charge is 2.12. The van der Waals surface area contributed by atoms with Gasteiger partial charge in [0, 0.05) is 5.02 Å². The summed E-state index contributed by atoms with van der Waals surface area (Å²) < 4.78 is 14.7. The average Bonchev–Trinajstić information content (AvgIpc) is 2.44. The van der Waals surface area contributed by atoms with E-state index in [1.807, 2.05) is 0 Å². The van der Waals surface area contributed by atoms with Crippen LogP contribution in [0.15, 0.2) is 24.3 Å². The van der Waals surface area contributed by atoms with E-state index in [4.69, 9.17) is 21.1 Å². The standard InChI is InChI=1S/C15H19ClO5/c1-3-19-15(18)20-9-5-6-11(2)21-14(17)12-7-4-8-13(16)10-12/h4,7-8,10-11H,3,5-6,9H2,1-2H3. The summed E-state index contributed by atoms with van der Waals surface area (Å²) in [6, 6.07) is 6.58. The van der Waals surface area contributed by atoms with Gasteiger partial charge in [0.25, 0.3) is 0 Å². The van der Waals surface area contributed by atoms with E-state index in [1.54, 1.807) is 38.1 Å². The summed E-state index contributed by atoms with van der Waals surface area (Å²) in [7, 11) is 0. The van der Waals surface area contributed by atoms with Crippen LogP contribution in [-0.2, 0) is 14.2 Å². The minimum absolute atomic E-state index is 0.234. The van der Waals surface area contributed by atoms with Crippen LogP contribution < -0.4 is 0 Å². The molecule has 1 rings (SSSR count). The predicted octanol–water partition coefficient (Wildman–Crippen LogP) is 3.84. The Kier molecular flexibility index (Phi) is 7.61. The zero-order valence-electron chi connectivity index (χ0n) is 12.1. The smallest absolute Gasteiger partial charge is 0.459 e. The molecule has 116 valence electrons. The topological polar surface area (TPSA) is 61.8 Å². The highest BCUT2D eigenvalue weighted by molar-refractivity contribution is 6.30. The van der Waals surface area contributed by atoms with Crippen LogP contribution in [0.1, 0.15) is 37.0 Å². The van der Waals surface area contributed by atoms with Crippen LogP contribution in [0.4, 0.5) is 4.79 Å². The number of carbonyl (C=O) groups excluding carboxylic acids is 2. The van der Waals surface area contributed by atoms with Crippen molar-refractivity contribution >= 4 is 23.7 Å². The molecule has 0 heterocycles. The van der Waals surface area contributed by atoms with Gasteiger partial charge in [-0.05, 0) is 44.9 Å². The molecule has 1 aromatic rings. The summed E-state index contributed by atoms with van der Waals surface area (Å²) in [4.78, 5) is 22.8. The van der Waals surface area contributed by atoms with Crippen molar-refractivity contribution in [1.29, 1.82) is 0 Å². The molecule has 0 radical (unpaired) electrons. The number of halogens is 1. The Balaban J connectivity index is 2.26. The number of ether oxygens (including phenoxy) is 3. The Morgan fingerprint density at radius 1 is 1.29 bits per heavy atom. The van der Waals surface area contributed by atoms with Gasteiger partial charge < -0.3 is 14.2 Å². The van der Waals surface area contributed by atoms with Gasteiger partial charge in [-0.15, -0.1) is 0 Å². The summed E-state index contributed by atoms with van der Waals surface area (Å²) in [5, 5.41) is 0.486. The summed E-state index contributed by atoms with van der Waals surface area (Å²) in [6.07, 6.45) is 0.220. The molecular weight excluding hydrogens is 296 g/mol. The first kappa shape index (κ1) is 17.3. The Labute approximate surface area is 129 Å². The molecule has 0 saturated carbocycles. The lowest BCUT2D eigenvalue weighted by atomic mass is 10.2. The van der Waals surface area contributed by atoms with Crippen molar-refractivity contribution in [3.8, 4) is 0 Å². The maximum absolute atomic E-state index is 11.8. The number of rotatable bonds is 7. The van der Waals surface area contributed by atoms with Crippen LogP contribution in [0, 0.1) is 0 Å². The van der Waals surface area contributed by atoms with Crippen molar-refractivity contribution in [1.82, 2.24) is 0 Å². The van der Waals surface area contributed by atoms with E-state index in [-0.39, 0.29) is 19.3 Å². The molecule has 0 amide bonds. The summed E-state index contributed by atoms with van der Waals surface area (Å²) in [5.74, 6) is -0.420. The van der Waals surface area contributed by atoms with E-state index in [1.165, 1.54) is 0 Å². The van der Waals surface area contributed by atoms with Crippen molar-refractivity contribution < 1.29 is 23.8 Å². The molecular formula is C15H19ClO5. The van der Waals surface area contributed by atoms with E-state index >= 15 is 0 Å². The minimum Gasteiger partial charge on any atom is -0.459 e. The second-order valence-corrected chi connectivity index (χ2v) is 4.84. The Bertz CT molecular complexity index is 475. The van der Waals surface area contributed by atoms with E-state index in [0.717, 1.165) is 0 Å². The zero-order chi connectivity index (χ0) is 15.7. The lowest BCUT2D eigenvalue weighted by molar-refractivity contribution is 0.0276. The van der Waals surface area contributed by atoms with Crippen molar-refractivity contribution in [3.05, 3.63) is 34.9 Å². The maximum atomic E-state index is 11.8. The van der Waals surface area contributed by atoms with Gasteiger partial charge in [-0.25, -0.2) is 9.59 Å². The fourth-order valence-electron chi connectivity index (χ4n) is 1.61. The highest BCUT2D eigenvalue weighted by Crippen LogP contribution is 2.13. The molecule has 0 aliphatic rings. The van der Waals surface area contributed by atoms with Crippen LogP contribution >= 0.6 is 11.6 Å². The molecule has 21 heavy (non-hydrogen) atoms. The Hall–Kier alpha value is -1.75. The van der Waals surface area contributed by atoms with E-state index < -0.39 is 12.1 Å². The van der Waals surface area contributed by atoms with Crippen LogP contribution in [0.5, 0.6) is 0 Å². The molecule has 5 nitrogen and oxygen atoms in total. The van der Waals surface area contributed by atoms with E-state index in [0.29, 0.717) is 23.4 Å². The molecule has 6 heteroatoms. The molecule has 0 aliphatic heterocycles. The van der Waals surface area contributed by atoms with Gasteiger partial charge in [-0.3, -0.25) is 0 Å². The first-order valence-corrected chi connectivity index (χ1v) is 7.16. The van der Waals surface area contributed by atoms with Gasteiger partial charge >= 0.3 is 12.1 Å². The van der Waals surface area contributed by atoms with Gasteiger partial charge in [-0.2, -0.15) is 0 Å². The van der Waals surface area contributed by atoms with Crippen molar-refractivity contribution in [2.24, 2.45) is 0 Å². The van der Waals surface area contributed by atoms with Crippen LogP contribution in [0.25, 0.3) is 0 Å². The molecule has 0 spiro atoms. The van der Waals surface area contributed by atoms with Crippen molar-refractivity contribution in [2.45, 2.75) is 32.8 Å². The average molecular weight is 315 g/mol. The lowest BCUT2D eigenvalue weighted by Gasteiger charge is -2.13. The fraction of sp³-hybridized carbons (Fsp3) is 0.467. The van der Waals surface area contributed by atoms with Crippen LogP contribution in [0.3, 0.4) is 0 Å². The molecule has 0 aliphatic carbocycles. The molecule has 0 N–H and O–H groups in total.